The standard InChI is InChI=1S/C12H10BrN5O/c1-18-6-15-5-10(18)11-16-12(19-17-11)7-2-8(13)4-9(14)3-7/h2-6H,14H2,1H3. The Morgan fingerprint density at radius 3 is 2.84 bits per heavy atom. The molecule has 0 spiro atoms. The third-order valence-corrected chi connectivity index (χ3v) is 3.10. The molecule has 96 valence electrons. The van der Waals surface area contributed by atoms with Crippen LogP contribution in [0.1, 0.15) is 0 Å². The first-order valence-electron chi connectivity index (χ1n) is 5.50. The van der Waals surface area contributed by atoms with Gasteiger partial charge in [-0.1, -0.05) is 21.1 Å². The number of halogens is 1. The van der Waals surface area contributed by atoms with Gasteiger partial charge in [-0.05, 0) is 18.2 Å². The molecule has 6 nitrogen and oxygen atoms in total. The number of rotatable bonds is 2. The molecular weight excluding hydrogens is 310 g/mol. The maximum atomic E-state index is 5.79. The van der Waals surface area contributed by atoms with Gasteiger partial charge in [-0.2, -0.15) is 4.98 Å². The zero-order chi connectivity index (χ0) is 13.4. The molecule has 19 heavy (non-hydrogen) atoms. The lowest BCUT2D eigenvalue weighted by Crippen LogP contribution is -1.91. The van der Waals surface area contributed by atoms with E-state index in [9.17, 15) is 0 Å². The third kappa shape index (κ3) is 2.24. The Hall–Kier alpha value is -2.15. The zero-order valence-corrected chi connectivity index (χ0v) is 11.6. The molecule has 2 N–H and O–H groups in total. The summed E-state index contributed by atoms with van der Waals surface area (Å²) in [5.41, 5.74) is 7.98. The number of nitrogen functional groups attached to an aromatic ring is 1. The zero-order valence-electron chi connectivity index (χ0n) is 10.0. The lowest BCUT2D eigenvalue weighted by Gasteiger charge is -1.98. The fourth-order valence-electron chi connectivity index (χ4n) is 1.75. The lowest BCUT2D eigenvalue weighted by molar-refractivity contribution is 0.432. The molecule has 1 aromatic carbocycles. The maximum absolute atomic E-state index is 5.79. The van der Waals surface area contributed by atoms with Crippen molar-refractivity contribution in [3.8, 4) is 23.0 Å². The number of benzene rings is 1. The van der Waals surface area contributed by atoms with Gasteiger partial charge in [0.25, 0.3) is 5.89 Å². The van der Waals surface area contributed by atoms with Crippen LogP contribution < -0.4 is 5.73 Å². The van der Waals surface area contributed by atoms with E-state index in [1.165, 1.54) is 0 Å². The summed E-state index contributed by atoms with van der Waals surface area (Å²) in [4.78, 5) is 8.37. The normalized spacial score (nSPS) is 10.8. The highest BCUT2D eigenvalue weighted by atomic mass is 79.9. The molecule has 0 radical (unpaired) electrons. The van der Waals surface area contributed by atoms with Crippen LogP contribution in [-0.4, -0.2) is 19.7 Å². The molecule has 0 unspecified atom stereocenters. The minimum absolute atomic E-state index is 0.421. The molecule has 3 aromatic rings. The monoisotopic (exact) mass is 319 g/mol. The average molecular weight is 320 g/mol. The van der Waals surface area contributed by atoms with Crippen molar-refractivity contribution in [2.24, 2.45) is 7.05 Å². The molecule has 0 saturated heterocycles. The first-order valence-corrected chi connectivity index (χ1v) is 6.29. The largest absolute Gasteiger partial charge is 0.399 e. The number of nitrogens with zero attached hydrogens (tertiary/aromatic N) is 4. The fraction of sp³-hybridized carbons (Fsp3) is 0.0833. The van der Waals surface area contributed by atoms with E-state index in [1.54, 1.807) is 18.6 Å². The predicted molar refractivity (Wildman–Crippen MR) is 74.0 cm³/mol. The van der Waals surface area contributed by atoms with Crippen molar-refractivity contribution in [1.29, 1.82) is 0 Å². The van der Waals surface area contributed by atoms with E-state index >= 15 is 0 Å². The van der Waals surface area contributed by atoms with Crippen LogP contribution >= 0.6 is 15.9 Å². The summed E-state index contributed by atoms with van der Waals surface area (Å²) in [6.07, 6.45) is 3.37. The molecule has 0 aliphatic heterocycles. The number of hydrogen-bond donors (Lipinski definition) is 1. The summed E-state index contributed by atoms with van der Waals surface area (Å²) in [5.74, 6) is 0.915. The highest BCUT2D eigenvalue weighted by Gasteiger charge is 2.13. The van der Waals surface area contributed by atoms with Crippen molar-refractivity contribution >= 4 is 21.6 Å². The molecular formula is C12H10BrN5O. The number of nitrogens with two attached hydrogens (primary N) is 1. The van der Waals surface area contributed by atoms with Gasteiger partial charge in [0.05, 0.1) is 12.5 Å². The number of aromatic nitrogens is 4. The highest BCUT2D eigenvalue weighted by Crippen LogP contribution is 2.26. The van der Waals surface area contributed by atoms with Crippen LogP contribution in [0.25, 0.3) is 23.0 Å². The molecule has 0 atom stereocenters. The maximum Gasteiger partial charge on any atom is 0.258 e. The number of aryl methyl sites for hydroxylation is 1. The molecule has 0 bridgehead atoms. The molecule has 2 aromatic heterocycles. The summed E-state index contributed by atoms with van der Waals surface area (Å²) in [5, 5.41) is 3.95. The first kappa shape index (κ1) is 11.9. The van der Waals surface area contributed by atoms with Crippen LogP contribution in [0.15, 0.2) is 39.7 Å². The predicted octanol–water partition coefficient (Wildman–Crippen LogP) is 2.48. The second-order valence-electron chi connectivity index (χ2n) is 4.09. The Morgan fingerprint density at radius 1 is 1.32 bits per heavy atom. The van der Waals surface area contributed by atoms with Crippen LogP contribution in [-0.2, 0) is 7.05 Å². The van der Waals surface area contributed by atoms with E-state index in [0.717, 1.165) is 15.7 Å². The van der Waals surface area contributed by atoms with Crippen LogP contribution in [0, 0.1) is 0 Å². The van der Waals surface area contributed by atoms with Crippen LogP contribution in [0.4, 0.5) is 5.69 Å². The van der Waals surface area contributed by atoms with Gasteiger partial charge in [-0.3, -0.25) is 0 Å². The molecule has 0 aliphatic carbocycles. The van der Waals surface area contributed by atoms with Crippen molar-refractivity contribution in [2.75, 3.05) is 5.73 Å². The van der Waals surface area contributed by atoms with Gasteiger partial charge in [-0.15, -0.1) is 0 Å². The number of imidazole rings is 1. The van der Waals surface area contributed by atoms with E-state index in [1.807, 2.05) is 23.7 Å². The topological polar surface area (TPSA) is 82.8 Å². The van der Waals surface area contributed by atoms with E-state index in [4.69, 9.17) is 10.3 Å². The Labute approximate surface area is 117 Å². The second kappa shape index (κ2) is 4.51. The molecule has 7 heteroatoms. The summed E-state index contributed by atoms with van der Waals surface area (Å²) >= 11 is 3.38. The van der Waals surface area contributed by atoms with Crippen LogP contribution in [0.3, 0.4) is 0 Å². The first-order chi connectivity index (χ1) is 9.13. The average Bonchev–Trinajstić information content (AvgIpc) is 2.95. The van der Waals surface area contributed by atoms with Gasteiger partial charge in [0.2, 0.25) is 5.82 Å². The molecule has 0 saturated carbocycles. The van der Waals surface area contributed by atoms with Gasteiger partial charge in [0.15, 0.2) is 0 Å². The van der Waals surface area contributed by atoms with Gasteiger partial charge < -0.3 is 14.8 Å². The van der Waals surface area contributed by atoms with Crippen molar-refractivity contribution in [3.63, 3.8) is 0 Å². The van der Waals surface area contributed by atoms with E-state index in [-0.39, 0.29) is 0 Å². The van der Waals surface area contributed by atoms with Crippen LogP contribution in [0.5, 0.6) is 0 Å². The number of anilines is 1. The third-order valence-electron chi connectivity index (χ3n) is 2.64. The van der Waals surface area contributed by atoms with Gasteiger partial charge in [0, 0.05) is 22.8 Å². The van der Waals surface area contributed by atoms with Crippen molar-refractivity contribution in [2.45, 2.75) is 0 Å². The number of hydrogen-bond acceptors (Lipinski definition) is 5. The summed E-state index contributed by atoms with van der Waals surface area (Å²) < 4.78 is 7.95. The van der Waals surface area contributed by atoms with Crippen LogP contribution in [0.2, 0.25) is 0 Å². The van der Waals surface area contributed by atoms with E-state index in [2.05, 4.69) is 31.1 Å². The van der Waals surface area contributed by atoms with Gasteiger partial charge >= 0.3 is 0 Å². The van der Waals surface area contributed by atoms with Gasteiger partial charge in [-0.25, -0.2) is 4.98 Å². The SMILES string of the molecule is Cn1cncc1-c1noc(-c2cc(N)cc(Br)c2)n1. The smallest absolute Gasteiger partial charge is 0.258 e. The fourth-order valence-corrected chi connectivity index (χ4v) is 2.26. The molecule has 0 fully saturated rings. The second-order valence-corrected chi connectivity index (χ2v) is 5.00. The van der Waals surface area contributed by atoms with Gasteiger partial charge in [0.1, 0.15) is 5.69 Å². The van der Waals surface area contributed by atoms with Crippen molar-refractivity contribution in [3.05, 3.63) is 35.2 Å². The Bertz CT molecular complexity index is 713. The molecule has 0 aliphatic rings. The minimum Gasteiger partial charge on any atom is -0.399 e. The van der Waals surface area contributed by atoms with E-state index in [0.29, 0.717) is 17.4 Å². The lowest BCUT2D eigenvalue weighted by atomic mass is 10.2. The van der Waals surface area contributed by atoms with E-state index < -0.39 is 0 Å². The molecule has 0 amide bonds. The summed E-state index contributed by atoms with van der Waals surface area (Å²) in [7, 11) is 1.87. The quantitative estimate of drug-likeness (QED) is 0.734. The minimum atomic E-state index is 0.421. The Morgan fingerprint density at radius 2 is 2.16 bits per heavy atom. The molecule has 2 heterocycles. The highest BCUT2D eigenvalue weighted by molar-refractivity contribution is 9.10. The summed E-state index contributed by atoms with van der Waals surface area (Å²) in [6, 6.07) is 5.46. The molecule has 3 rings (SSSR count). The van der Waals surface area contributed by atoms with Crippen molar-refractivity contribution < 1.29 is 4.52 Å². The Kier molecular flexibility index (Phi) is 2.83. The van der Waals surface area contributed by atoms with Crippen molar-refractivity contribution in [1.82, 2.24) is 19.7 Å². The Balaban J connectivity index is 2.04. The summed E-state index contributed by atoms with van der Waals surface area (Å²) in [6.45, 7) is 0.